The van der Waals surface area contributed by atoms with Crippen LogP contribution in [0.4, 0.5) is 5.69 Å². The van der Waals surface area contributed by atoms with Crippen molar-refractivity contribution in [1.29, 1.82) is 0 Å². The minimum absolute atomic E-state index is 0.209. The maximum atomic E-state index is 11.9. The van der Waals surface area contributed by atoms with E-state index in [9.17, 15) is 4.79 Å². The third-order valence-electron chi connectivity index (χ3n) is 3.31. The Balaban J connectivity index is 2.06. The molecular weight excluding hydrogens is 237 g/mol. The predicted octanol–water partition coefficient (Wildman–Crippen LogP) is 0.696. The van der Waals surface area contributed by atoms with Gasteiger partial charge in [0, 0.05) is 12.1 Å². The molecule has 4 nitrogen and oxygen atoms in total. The van der Waals surface area contributed by atoms with Crippen molar-refractivity contribution in [3.05, 3.63) is 40.7 Å². The first-order valence-electron chi connectivity index (χ1n) is 6.37. The Bertz CT molecular complexity index is 677. The minimum Gasteiger partial charge on any atom is -0.394 e. The number of nitrogens with two attached hydrogens (primary N) is 1. The summed E-state index contributed by atoms with van der Waals surface area (Å²) >= 11 is 0. The molecule has 0 amide bonds. The summed E-state index contributed by atoms with van der Waals surface area (Å²) < 4.78 is 1.48. The minimum atomic E-state index is -0.209. The van der Waals surface area contributed by atoms with Gasteiger partial charge in [-0.05, 0) is 24.8 Å². The summed E-state index contributed by atoms with van der Waals surface area (Å²) in [5.74, 6) is 0.570. The molecule has 5 heteroatoms. The Morgan fingerprint density at radius 1 is 1.37 bits per heavy atom. The highest BCUT2D eigenvalue weighted by molar-refractivity contribution is 6.32. The first-order chi connectivity index (χ1) is 9.13. The number of hydrogen-bond acceptors (Lipinski definition) is 3. The maximum absolute atomic E-state index is 11.9. The van der Waals surface area contributed by atoms with Crippen LogP contribution in [0.25, 0.3) is 11.3 Å². The first-order valence-corrected chi connectivity index (χ1v) is 6.37. The van der Waals surface area contributed by atoms with Crippen LogP contribution in [-0.2, 0) is 6.54 Å². The van der Waals surface area contributed by atoms with E-state index in [-0.39, 0.29) is 11.2 Å². The number of rotatable bonds is 3. The van der Waals surface area contributed by atoms with E-state index in [0.717, 1.165) is 18.4 Å². The lowest BCUT2D eigenvalue weighted by molar-refractivity contribution is 0.537. The van der Waals surface area contributed by atoms with Crippen LogP contribution in [0.1, 0.15) is 12.8 Å². The molecule has 0 spiro atoms. The second-order valence-corrected chi connectivity index (χ2v) is 5.04. The molecule has 2 aromatic rings. The number of anilines is 1. The fourth-order valence-corrected chi connectivity index (χ4v) is 2.07. The number of benzene rings is 1. The van der Waals surface area contributed by atoms with Gasteiger partial charge in [-0.3, -0.25) is 4.79 Å². The van der Waals surface area contributed by atoms with Crippen molar-refractivity contribution in [3.63, 3.8) is 0 Å². The standard InChI is InChI=1S/C14H14BN3O/c15-11-3-1-2-10(6-11)13-7-12(16)14(19)18(17-13)8-9-4-5-9/h1-3,6-7,9H,4-5,8,16H2. The highest BCUT2D eigenvalue weighted by atomic mass is 16.1. The third kappa shape index (κ3) is 2.55. The van der Waals surface area contributed by atoms with Crippen LogP contribution in [0.5, 0.6) is 0 Å². The highest BCUT2D eigenvalue weighted by Gasteiger charge is 2.23. The molecule has 1 fully saturated rings. The average molecular weight is 251 g/mol. The summed E-state index contributed by atoms with van der Waals surface area (Å²) in [6.07, 6.45) is 2.33. The van der Waals surface area contributed by atoms with Gasteiger partial charge in [-0.2, -0.15) is 5.10 Å². The molecule has 2 radical (unpaired) electrons. The maximum Gasteiger partial charge on any atom is 0.289 e. The molecule has 1 aliphatic rings. The lowest BCUT2D eigenvalue weighted by atomic mass is 9.94. The van der Waals surface area contributed by atoms with Crippen LogP contribution in [0, 0.1) is 5.92 Å². The number of nitrogen functional groups attached to an aromatic ring is 1. The summed E-state index contributed by atoms with van der Waals surface area (Å²) in [6, 6.07) is 9.02. The van der Waals surface area contributed by atoms with Crippen LogP contribution >= 0.6 is 0 Å². The Labute approximate surface area is 112 Å². The van der Waals surface area contributed by atoms with Crippen molar-refractivity contribution in [2.45, 2.75) is 19.4 Å². The fourth-order valence-electron chi connectivity index (χ4n) is 2.07. The van der Waals surface area contributed by atoms with Crippen LogP contribution in [-0.4, -0.2) is 17.6 Å². The predicted molar refractivity (Wildman–Crippen MR) is 76.5 cm³/mol. The van der Waals surface area contributed by atoms with E-state index in [2.05, 4.69) is 5.10 Å². The van der Waals surface area contributed by atoms with Crippen LogP contribution < -0.4 is 16.8 Å². The molecule has 1 aromatic heterocycles. The normalized spacial score (nSPS) is 14.5. The van der Waals surface area contributed by atoms with E-state index in [4.69, 9.17) is 13.6 Å². The van der Waals surface area contributed by atoms with Crippen molar-refractivity contribution in [1.82, 2.24) is 9.78 Å². The molecule has 1 aliphatic carbocycles. The fraction of sp³-hybridized carbons (Fsp3) is 0.286. The van der Waals surface area contributed by atoms with Crippen LogP contribution in [0.2, 0.25) is 0 Å². The summed E-state index contributed by atoms with van der Waals surface area (Å²) in [5, 5.41) is 4.39. The smallest absolute Gasteiger partial charge is 0.289 e. The quantitative estimate of drug-likeness (QED) is 0.816. The largest absolute Gasteiger partial charge is 0.394 e. The number of hydrogen-bond donors (Lipinski definition) is 1. The summed E-state index contributed by atoms with van der Waals surface area (Å²) in [4.78, 5) is 11.9. The lowest BCUT2D eigenvalue weighted by Gasteiger charge is -2.09. The van der Waals surface area contributed by atoms with Gasteiger partial charge in [-0.1, -0.05) is 29.7 Å². The molecule has 1 saturated carbocycles. The van der Waals surface area contributed by atoms with Gasteiger partial charge in [0.15, 0.2) is 0 Å². The Morgan fingerprint density at radius 2 is 2.16 bits per heavy atom. The van der Waals surface area contributed by atoms with E-state index >= 15 is 0 Å². The van der Waals surface area contributed by atoms with Gasteiger partial charge in [0.2, 0.25) is 0 Å². The zero-order chi connectivity index (χ0) is 13.4. The second-order valence-electron chi connectivity index (χ2n) is 5.04. The van der Waals surface area contributed by atoms with Gasteiger partial charge < -0.3 is 5.73 Å². The Kier molecular flexibility index (Phi) is 2.89. The third-order valence-corrected chi connectivity index (χ3v) is 3.31. The Hall–Kier alpha value is -2.04. The molecule has 1 heterocycles. The molecule has 2 N–H and O–H groups in total. The van der Waals surface area contributed by atoms with Crippen molar-refractivity contribution in [2.24, 2.45) is 5.92 Å². The zero-order valence-corrected chi connectivity index (χ0v) is 10.5. The number of aromatic nitrogens is 2. The summed E-state index contributed by atoms with van der Waals surface area (Å²) in [6.45, 7) is 0.652. The molecule has 0 bridgehead atoms. The summed E-state index contributed by atoms with van der Waals surface area (Å²) in [7, 11) is 5.77. The van der Waals surface area contributed by atoms with E-state index in [1.54, 1.807) is 6.07 Å². The van der Waals surface area contributed by atoms with E-state index in [1.807, 2.05) is 24.3 Å². The molecule has 94 valence electrons. The molecule has 0 saturated heterocycles. The van der Waals surface area contributed by atoms with E-state index in [0.29, 0.717) is 23.6 Å². The first kappa shape index (κ1) is 12.0. The van der Waals surface area contributed by atoms with Gasteiger partial charge in [0.25, 0.3) is 5.56 Å². The average Bonchev–Trinajstić information content (AvgIpc) is 3.18. The van der Waals surface area contributed by atoms with Crippen molar-refractivity contribution in [2.75, 3.05) is 5.73 Å². The van der Waals surface area contributed by atoms with Crippen molar-refractivity contribution in [3.8, 4) is 11.3 Å². The molecule has 0 aliphatic heterocycles. The molecule has 0 unspecified atom stereocenters. The zero-order valence-electron chi connectivity index (χ0n) is 10.5. The van der Waals surface area contributed by atoms with Gasteiger partial charge in [-0.25, -0.2) is 4.68 Å². The monoisotopic (exact) mass is 251 g/mol. The van der Waals surface area contributed by atoms with E-state index < -0.39 is 0 Å². The van der Waals surface area contributed by atoms with Crippen molar-refractivity contribution >= 4 is 19.0 Å². The van der Waals surface area contributed by atoms with Gasteiger partial charge >= 0.3 is 0 Å². The second kappa shape index (κ2) is 4.57. The lowest BCUT2D eigenvalue weighted by Crippen LogP contribution is -2.26. The highest BCUT2D eigenvalue weighted by Crippen LogP contribution is 2.30. The topological polar surface area (TPSA) is 60.9 Å². The van der Waals surface area contributed by atoms with Crippen LogP contribution in [0.3, 0.4) is 0 Å². The molecule has 19 heavy (non-hydrogen) atoms. The Morgan fingerprint density at radius 3 is 2.84 bits per heavy atom. The number of nitrogens with zero attached hydrogens (tertiary/aromatic N) is 2. The molecule has 3 rings (SSSR count). The van der Waals surface area contributed by atoms with E-state index in [1.165, 1.54) is 4.68 Å². The van der Waals surface area contributed by atoms with Crippen LogP contribution in [0.15, 0.2) is 35.1 Å². The molecule has 0 atom stereocenters. The molecular formula is C14H14BN3O. The van der Waals surface area contributed by atoms with Gasteiger partial charge in [0.05, 0.1) is 5.69 Å². The summed E-state index contributed by atoms with van der Waals surface area (Å²) in [5.41, 5.74) is 8.03. The van der Waals surface area contributed by atoms with Gasteiger partial charge in [0.1, 0.15) is 13.5 Å². The SMILES string of the molecule is [B]c1cccc(-c2cc(N)c(=O)n(CC3CC3)n2)c1. The van der Waals surface area contributed by atoms with Gasteiger partial charge in [-0.15, -0.1) is 0 Å². The van der Waals surface area contributed by atoms with Crippen molar-refractivity contribution < 1.29 is 0 Å². The molecule has 1 aromatic carbocycles.